The van der Waals surface area contributed by atoms with Crippen LogP contribution in [-0.2, 0) is 9.53 Å². The lowest BCUT2D eigenvalue weighted by Crippen LogP contribution is -2.68. The molecule has 94 valence electrons. The van der Waals surface area contributed by atoms with Gasteiger partial charge in [-0.1, -0.05) is 13.8 Å². The van der Waals surface area contributed by atoms with Crippen LogP contribution in [-0.4, -0.2) is 31.2 Å². The Labute approximate surface area is 97.9 Å². The molecule has 1 aliphatic carbocycles. The number of hydrogen-bond acceptors (Lipinski definition) is 3. The molecule has 4 nitrogen and oxygen atoms in total. The highest BCUT2D eigenvalue weighted by molar-refractivity contribution is 5.76. The van der Waals surface area contributed by atoms with Crippen molar-refractivity contribution in [3.8, 4) is 0 Å². The maximum absolute atomic E-state index is 11.6. The third kappa shape index (κ3) is 2.23. The lowest BCUT2D eigenvalue weighted by atomic mass is 9.56. The van der Waals surface area contributed by atoms with Crippen LogP contribution in [0.4, 0.5) is 0 Å². The molecular formula is C12H24N2O2. The highest BCUT2D eigenvalue weighted by atomic mass is 16.5. The van der Waals surface area contributed by atoms with E-state index in [-0.39, 0.29) is 23.0 Å². The molecule has 1 fully saturated rings. The van der Waals surface area contributed by atoms with E-state index in [9.17, 15) is 4.79 Å². The molecule has 0 spiro atoms. The number of nitrogens with one attached hydrogen (secondary N) is 1. The second-order valence-corrected chi connectivity index (χ2v) is 5.37. The van der Waals surface area contributed by atoms with Gasteiger partial charge in [0.1, 0.15) is 0 Å². The van der Waals surface area contributed by atoms with Gasteiger partial charge in [-0.3, -0.25) is 4.79 Å². The molecule has 1 rings (SSSR count). The molecule has 0 heterocycles. The predicted octanol–water partition coefficient (Wildman–Crippen LogP) is 1.05. The topological polar surface area (TPSA) is 64.3 Å². The second-order valence-electron chi connectivity index (χ2n) is 5.37. The van der Waals surface area contributed by atoms with E-state index in [0.717, 1.165) is 12.8 Å². The Kier molecular flexibility index (Phi) is 3.97. The van der Waals surface area contributed by atoms with Crippen molar-refractivity contribution < 1.29 is 9.53 Å². The van der Waals surface area contributed by atoms with E-state index in [0.29, 0.717) is 13.0 Å². The molecule has 0 radical (unpaired) electrons. The molecule has 1 saturated carbocycles. The monoisotopic (exact) mass is 228 g/mol. The predicted molar refractivity (Wildman–Crippen MR) is 64.0 cm³/mol. The quantitative estimate of drug-likeness (QED) is 0.739. The van der Waals surface area contributed by atoms with E-state index in [4.69, 9.17) is 10.5 Å². The highest BCUT2D eigenvalue weighted by Crippen LogP contribution is 2.51. The van der Waals surface area contributed by atoms with Crippen LogP contribution in [0.2, 0.25) is 0 Å². The third-order valence-corrected chi connectivity index (χ3v) is 4.22. The Morgan fingerprint density at radius 3 is 2.56 bits per heavy atom. The molecule has 0 saturated heterocycles. The first-order chi connectivity index (χ1) is 7.37. The van der Waals surface area contributed by atoms with Crippen molar-refractivity contribution in [3.63, 3.8) is 0 Å². The summed E-state index contributed by atoms with van der Waals surface area (Å²) in [6.07, 6.45) is 2.15. The zero-order chi connectivity index (χ0) is 12.4. The van der Waals surface area contributed by atoms with Crippen molar-refractivity contribution in [2.45, 2.75) is 51.7 Å². The average Bonchev–Trinajstić information content (AvgIpc) is 2.25. The number of methoxy groups -OCH3 is 1. The minimum Gasteiger partial charge on any atom is -0.378 e. The first kappa shape index (κ1) is 13.5. The molecule has 2 atom stereocenters. The van der Waals surface area contributed by atoms with Gasteiger partial charge in [0, 0.05) is 25.0 Å². The fraction of sp³-hybridized carbons (Fsp3) is 0.917. The number of carbonyl (C=O) groups is 1. The van der Waals surface area contributed by atoms with Gasteiger partial charge in [0.2, 0.25) is 5.91 Å². The summed E-state index contributed by atoms with van der Waals surface area (Å²) in [6, 6.07) is 0.211. The summed E-state index contributed by atoms with van der Waals surface area (Å²) in [5.74, 6) is 0.0988. The molecule has 0 bridgehead atoms. The highest BCUT2D eigenvalue weighted by Gasteiger charge is 2.58. The molecule has 0 aliphatic heterocycles. The van der Waals surface area contributed by atoms with Crippen LogP contribution in [0.15, 0.2) is 0 Å². The molecule has 16 heavy (non-hydrogen) atoms. The average molecular weight is 228 g/mol. The standard InChI is InChI=1S/C12H24N2O2/c1-11(2)9(8-12(11,3)16-4)14-10(15)6-5-7-13/h9H,5-8,13H2,1-4H3,(H,14,15). The van der Waals surface area contributed by atoms with Crippen LogP contribution in [0.3, 0.4) is 0 Å². The lowest BCUT2D eigenvalue weighted by Gasteiger charge is -2.59. The maximum atomic E-state index is 11.6. The van der Waals surface area contributed by atoms with Crippen LogP contribution in [0.5, 0.6) is 0 Å². The van der Waals surface area contributed by atoms with Crippen LogP contribution in [0.25, 0.3) is 0 Å². The van der Waals surface area contributed by atoms with E-state index < -0.39 is 0 Å². The first-order valence-corrected chi connectivity index (χ1v) is 5.92. The Balaban J connectivity index is 2.45. The molecule has 0 aromatic rings. The Morgan fingerprint density at radius 2 is 2.12 bits per heavy atom. The lowest BCUT2D eigenvalue weighted by molar-refractivity contribution is -0.182. The smallest absolute Gasteiger partial charge is 0.220 e. The summed E-state index contributed by atoms with van der Waals surface area (Å²) in [7, 11) is 1.73. The van der Waals surface area contributed by atoms with E-state index in [2.05, 4.69) is 26.1 Å². The summed E-state index contributed by atoms with van der Waals surface area (Å²) < 4.78 is 5.51. The van der Waals surface area contributed by atoms with Crippen LogP contribution in [0.1, 0.15) is 40.0 Å². The Hall–Kier alpha value is -0.610. The summed E-state index contributed by atoms with van der Waals surface area (Å²) >= 11 is 0. The fourth-order valence-corrected chi connectivity index (χ4v) is 2.25. The van der Waals surface area contributed by atoms with Crippen molar-refractivity contribution >= 4 is 5.91 Å². The van der Waals surface area contributed by atoms with Gasteiger partial charge in [-0.05, 0) is 26.3 Å². The molecule has 4 heteroatoms. The molecule has 3 N–H and O–H groups in total. The summed E-state index contributed by atoms with van der Waals surface area (Å²) in [4.78, 5) is 11.6. The number of nitrogens with two attached hydrogens (primary N) is 1. The molecule has 0 aromatic heterocycles. The van der Waals surface area contributed by atoms with Gasteiger partial charge in [0.05, 0.1) is 5.60 Å². The van der Waals surface area contributed by atoms with E-state index in [1.165, 1.54) is 0 Å². The van der Waals surface area contributed by atoms with Crippen molar-refractivity contribution in [2.24, 2.45) is 11.1 Å². The number of carbonyl (C=O) groups excluding carboxylic acids is 1. The van der Waals surface area contributed by atoms with E-state index >= 15 is 0 Å². The number of amides is 1. The summed E-state index contributed by atoms with van der Waals surface area (Å²) in [6.45, 7) is 6.93. The van der Waals surface area contributed by atoms with Gasteiger partial charge >= 0.3 is 0 Å². The summed E-state index contributed by atoms with van der Waals surface area (Å²) in [5.41, 5.74) is 5.23. The second kappa shape index (κ2) is 4.72. The molecule has 2 unspecified atom stereocenters. The first-order valence-electron chi connectivity index (χ1n) is 5.92. The van der Waals surface area contributed by atoms with Gasteiger partial charge in [-0.25, -0.2) is 0 Å². The van der Waals surface area contributed by atoms with Gasteiger partial charge in [0.15, 0.2) is 0 Å². The normalized spacial score (nSPS) is 31.9. The van der Waals surface area contributed by atoms with Gasteiger partial charge < -0.3 is 15.8 Å². The van der Waals surface area contributed by atoms with Crippen LogP contribution < -0.4 is 11.1 Å². The zero-order valence-corrected chi connectivity index (χ0v) is 10.8. The summed E-state index contributed by atoms with van der Waals surface area (Å²) in [5, 5.41) is 3.06. The Bertz CT molecular complexity index is 266. The van der Waals surface area contributed by atoms with Crippen LogP contribution >= 0.6 is 0 Å². The fourth-order valence-electron chi connectivity index (χ4n) is 2.25. The van der Waals surface area contributed by atoms with Crippen molar-refractivity contribution in [2.75, 3.05) is 13.7 Å². The van der Waals surface area contributed by atoms with Crippen molar-refractivity contribution in [3.05, 3.63) is 0 Å². The Morgan fingerprint density at radius 1 is 1.50 bits per heavy atom. The number of rotatable bonds is 5. The minimum atomic E-state index is -0.126. The number of hydrogen-bond donors (Lipinski definition) is 2. The van der Waals surface area contributed by atoms with Gasteiger partial charge in [-0.15, -0.1) is 0 Å². The molecule has 0 aromatic carbocycles. The minimum absolute atomic E-state index is 0.0138. The van der Waals surface area contributed by atoms with Gasteiger partial charge in [0.25, 0.3) is 0 Å². The van der Waals surface area contributed by atoms with E-state index in [1.807, 2.05) is 0 Å². The van der Waals surface area contributed by atoms with Crippen LogP contribution in [0, 0.1) is 5.41 Å². The molecule has 1 amide bonds. The van der Waals surface area contributed by atoms with E-state index in [1.54, 1.807) is 7.11 Å². The van der Waals surface area contributed by atoms with Gasteiger partial charge in [-0.2, -0.15) is 0 Å². The number of ether oxygens (including phenoxy) is 1. The molecular weight excluding hydrogens is 204 g/mol. The van der Waals surface area contributed by atoms with Crippen molar-refractivity contribution in [1.29, 1.82) is 0 Å². The SMILES string of the molecule is COC1(C)CC(NC(=O)CCCN)C1(C)C. The van der Waals surface area contributed by atoms with Crippen molar-refractivity contribution in [1.82, 2.24) is 5.32 Å². The largest absolute Gasteiger partial charge is 0.378 e. The zero-order valence-electron chi connectivity index (χ0n) is 10.8. The maximum Gasteiger partial charge on any atom is 0.220 e. The third-order valence-electron chi connectivity index (χ3n) is 4.22. The molecule has 1 aliphatic rings.